The topological polar surface area (TPSA) is 112 Å². The van der Waals surface area contributed by atoms with Crippen molar-refractivity contribution in [1.82, 2.24) is 14.8 Å². The number of hydrogen-bond donors (Lipinski definition) is 2. The first-order valence-corrected chi connectivity index (χ1v) is 10.3. The van der Waals surface area contributed by atoms with E-state index < -0.39 is 24.3 Å². The molecule has 0 bridgehead atoms. The third kappa shape index (κ3) is 12.2. The molecule has 2 aliphatic rings. The van der Waals surface area contributed by atoms with Gasteiger partial charge in [-0.05, 0) is 18.6 Å². The summed E-state index contributed by atoms with van der Waals surface area (Å²) in [7, 11) is 1.72. The van der Waals surface area contributed by atoms with Gasteiger partial charge in [-0.15, -0.1) is 0 Å². The van der Waals surface area contributed by atoms with Gasteiger partial charge in [0.15, 0.2) is 0 Å². The van der Waals surface area contributed by atoms with Gasteiger partial charge in [-0.3, -0.25) is 14.8 Å². The van der Waals surface area contributed by atoms with Crippen molar-refractivity contribution in [2.75, 3.05) is 46.5 Å². The number of alkyl halides is 6. The number of methoxy groups -OCH3 is 1. The van der Waals surface area contributed by atoms with Crippen molar-refractivity contribution in [2.24, 2.45) is 0 Å². The molecule has 2 fully saturated rings. The van der Waals surface area contributed by atoms with Crippen LogP contribution in [0, 0.1) is 0 Å². The van der Waals surface area contributed by atoms with Crippen LogP contribution in [0.15, 0.2) is 24.4 Å². The minimum atomic E-state index is -5.08. The minimum Gasteiger partial charge on any atom is -0.475 e. The quantitative estimate of drug-likeness (QED) is 0.432. The van der Waals surface area contributed by atoms with Gasteiger partial charge < -0.3 is 19.7 Å². The number of halogens is 6. The summed E-state index contributed by atoms with van der Waals surface area (Å²) >= 11 is 0. The Hall–Kier alpha value is -2.49. The molecule has 0 aromatic carbocycles. The molecule has 1 aromatic rings. The number of nitrogens with zero attached hydrogens (tertiary/aromatic N) is 3. The molecule has 0 spiro atoms. The van der Waals surface area contributed by atoms with Crippen molar-refractivity contribution in [1.29, 1.82) is 0 Å². The van der Waals surface area contributed by atoms with Crippen LogP contribution in [0.3, 0.4) is 0 Å². The maximum absolute atomic E-state index is 10.6. The zero-order chi connectivity index (χ0) is 26.6. The summed E-state index contributed by atoms with van der Waals surface area (Å²) in [5.41, 5.74) is 1.16. The van der Waals surface area contributed by atoms with E-state index in [1.54, 1.807) is 7.11 Å². The van der Waals surface area contributed by atoms with Crippen molar-refractivity contribution >= 4 is 11.9 Å². The monoisotopic (exact) mass is 519 g/mol. The molecule has 2 saturated heterocycles. The maximum Gasteiger partial charge on any atom is 0.490 e. The second-order valence-corrected chi connectivity index (χ2v) is 7.53. The normalized spacial score (nSPS) is 20.7. The highest BCUT2D eigenvalue weighted by Gasteiger charge is 2.39. The van der Waals surface area contributed by atoms with Crippen LogP contribution in [0.2, 0.25) is 0 Å². The second-order valence-electron chi connectivity index (χ2n) is 7.53. The Kier molecular flexibility index (Phi) is 12.4. The summed E-state index contributed by atoms with van der Waals surface area (Å²) in [4.78, 5) is 27.3. The van der Waals surface area contributed by atoms with Crippen LogP contribution in [-0.2, 0) is 25.6 Å². The van der Waals surface area contributed by atoms with Crippen LogP contribution >= 0.6 is 0 Å². The van der Waals surface area contributed by atoms with Crippen molar-refractivity contribution in [3.63, 3.8) is 0 Å². The Morgan fingerprint density at radius 3 is 2.11 bits per heavy atom. The molecular weight excluding hydrogens is 492 g/mol. The smallest absolute Gasteiger partial charge is 0.475 e. The number of hydrogen-bond acceptors (Lipinski definition) is 7. The lowest BCUT2D eigenvalue weighted by molar-refractivity contribution is -0.193. The lowest BCUT2D eigenvalue weighted by Gasteiger charge is -2.37. The molecule has 0 radical (unpaired) electrons. The molecule has 9 nitrogen and oxygen atoms in total. The Balaban J connectivity index is 0.000000362. The molecule has 0 aliphatic carbocycles. The first-order chi connectivity index (χ1) is 16.2. The number of piperazine rings is 1. The molecule has 0 unspecified atom stereocenters. The van der Waals surface area contributed by atoms with Gasteiger partial charge in [-0.1, -0.05) is 6.07 Å². The highest BCUT2D eigenvalue weighted by atomic mass is 19.4. The standard InChI is InChI=1S/C16H25N3O2.2C2HF3O2/c1-20-8-9-21-16-10-15-12-18(6-7-19(15)13-16)11-14-4-2-3-5-17-14;2*3-2(4,5)1(6)7/h2-5,15-16H,6-13H2,1H3;2*(H,6,7)/t15-,16+;;/m0../s1. The van der Waals surface area contributed by atoms with Crippen LogP contribution in [0.25, 0.3) is 0 Å². The van der Waals surface area contributed by atoms with E-state index in [0.717, 1.165) is 44.8 Å². The fraction of sp³-hybridized carbons (Fsp3) is 0.650. The maximum atomic E-state index is 10.6. The number of aromatic nitrogens is 1. The second kappa shape index (κ2) is 14.2. The number of ether oxygens (including phenoxy) is 2. The molecule has 15 heteroatoms. The fourth-order valence-electron chi connectivity index (χ4n) is 3.34. The minimum absolute atomic E-state index is 0.375. The summed E-state index contributed by atoms with van der Waals surface area (Å²) < 4.78 is 74.4. The van der Waals surface area contributed by atoms with E-state index in [4.69, 9.17) is 29.3 Å². The Morgan fingerprint density at radius 2 is 1.63 bits per heavy atom. The Labute approximate surface area is 197 Å². The molecule has 1 aromatic heterocycles. The van der Waals surface area contributed by atoms with Crippen LogP contribution in [0.4, 0.5) is 26.3 Å². The lowest BCUT2D eigenvalue weighted by atomic mass is 10.1. The third-order valence-corrected chi connectivity index (χ3v) is 4.90. The van der Waals surface area contributed by atoms with Gasteiger partial charge in [0.25, 0.3) is 0 Å². The molecule has 2 aliphatic heterocycles. The SMILES string of the molecule is COCCO[C@@H]1C[C@H]2CN(Cc3ccccn3)CCN2C1.O=C(O)C(F)(F)F.O=C(O)C(F)(F)F. The van der Waals surface area contributed by atoms with Gasteiger partial charge in [-0.25, -0.2) is 9.59 Å². The molecule has 0 saturated carbocycles. The van der Waals surface area contributed by atoms with Crippen molar-refractivity contribution < 1.29 is 55.6 Å². The van der Waals surface area contributed by atoms with Crippen LogP contribution in [-0.4, -0.2) is 108 Å². The van der Waals surface area contributed by atoms with E-state index in [9.17, 15) is 26.3 Å². The average molecular weight is 519 g/mol. The van der Waals surface area contributed by atoms with Gasteiger partial charge in [0, 0.05) is 52.1 Å². The number of fused-ring (bicyclic) bond motifs is 1. The average Bonchev–Trinajstić information content (AvgIpc) is 3.16. The highest BCUT2D eigenvalue weighted by molar-refractivity contribution is 5.73. The van der Waals surface area contributed by atoms with E-state index in [1.165, 1.54) is 0 Å². The van der Waals surface area contributed by atoms with Crippen LogP contribution in [0.5, 0.6) is 0 Å². The van der Waals surface area contributed by atoms with Crippen molar-refractivity contribution in [2.45, 2.75) is 37.5 Å². The van der Waals surface area contributed by atoms with E-state index in [-0.39, 0.29) is 0 Å². The molecule has 0 amide bonds. The number of pyridine rings is 1. The van der Waals surface area contributed by atoms with Crippen LogP contribution < -0.4 is 0 Å². The van der Waals surface area contributed by atoms with E-state index in [0.29, 0.717) is 25.4 Å². The summed E-state index contributed by atoms with van der Waals surface area (Å²) in [6.45, 7) is 6.82. The Morgan fingerprint density at radius 1 is 1.03 bits per heavy atom. The number of rotatable bonds is 6. The first kappa shape index (κ1) is 30.5. The van der Waals surface area contributed by atoms with Gasteiger partial charge in [0.1, 0.15) is 0 Å². The van der Waals surface area contributed by atoms with Crippen molar-refractivity contribution in [3.8, 4) is 0 Å². The van der Waals surface area contributed by atoms with Crippen LogP contribution in [0.1, 0.15) is 12.1 Å². The van der Waals surface area contributed by atoms with E-state index in [2.05, 4.69) is 26.9 Å². The summed E-state index contributed by atoms with van der Waals surface area (Å²) in [6, 6.07) is 6.78. The number of carbonyl (C=O) groups is 2. The summed E-state index contributed by atoms with van der Waals surface area (Å²) in [5.74, 6) is -5.51. The van der Waals surface area contributed by atoms with E-state index >= 15 is 0 Å². The molecular formula is C20H27F6N3O6. The number of aliphatic carboxylic acids is 2. The molecule has 2 atom stereocenters. The largest absolute Gasteiger partial charge is 0.490 e. The molecule has 3 rings (SSSR count). The highest BCUT2D eigenvalue weighted by Crippen LogP contribution is 2.24. The first-order valence-electron chi connectivity index (χ1n) is 10.3. The van der Waals surface area contributed by atoms with E-state index in [1.807, 2.05) is 12.3 Å². The number of carboxylic acid groups (broad SMARTS) is 2. The molecule has 35 heavy (non-hydrogen) atoms. The summed E-state index contributed by atoms with van der Waals surface area (Å²) in [6.07, 6.45) is -6.77. The Bertz CT molecular complexity index is 757. The van der Waals surface area contributed by atoms with Gasteiger partial charge >= 0.3 is 24.3 Å². The predicted molar refractivity (Wildman–Crippen MR) is 108 cm³/mol. The molecule has 3 heterocycles. The summed E-state index contributed by atoms with van der Waals surface area (Å²) in [5, 5.41) is 14.2. The van der Waals surface area contributed by atoms with Crippen molar-refractivity contribution in [3.05, 3.63) is 30.1 Å². The fourth-order valence-corrected chi connectivity index (χ4v) is 3.34. The number of carboxylic acids is 2. The zero-order valence-electron chi connectivity index (χ0n) is 18.8. The van der Waals surface area contributed by atoms with Gasteiger partial charge in [0.2, 0.25) is 0 Å². The van der Waals surface area contributed by atoms with Gasteiger partial charge in [0.05, 0.1) is 25.0 Å². The third-order valence-electron chi connectivity index (χ3n) is 4.90. The predicted octanol–water partition coefficient (Wildman–Crippen LogP) is 2.27. The molecule has 2 N–H and O–H groups in total. The lowest BCUT2D eigenvalue weighted by Crippen LogP contribution is -2.49. The molecule has 200 valence electrons. The van der Waals surface area contributed by atoms with Gasteiger partial charge in [-0.2, -0.15) is 26.3 Å². The zero-order valence-corrected chi connectivity index (χ0v) is 18.8.